The van der Waals surface area contributed by atoms with Crippen LogP contribution >= 0.6 is 0 Å². The van der Waals surface area contributed by atoms with Crippen LogP contribution < -0.4 is 5.32 Å². The van der Waals surface area contributed by atoms with Crippen molar-refractivity contribution in [1.82, 2.24) is 4.90 Å². The molecule has 7 heteroatoms. The number of amides is 1. The molecule has 0 radical (unpaired) electrons. The molecule has 0 aliphatic rings. The number of rotatable bonds is 7. The van der Waals surface area contributed by atoms with Crippen LogP contribution in [-0.2, 0) is 14.4 Å². The molecule has 1 rings (SSSR count). The van der Waals surface area contributed by atoms with Crippen molar-refractivity contribution in [3.05, 3.63) is 41.5 Å². The minimum atomic E-state index is -1.26. The zero-order valence-electron chi connectivity index (χ0n) is 15.1. The van der Waals surface area contributed by atoms with Crippen molar-refractivity contribution in [2.24, 2.45) is 0 Å². The molecule has 0 aliphatic heterocycles. The second-order valence-electron chi connectivity index (χ2n) is 5.29. The summed E-state index contributed by atoms with van der Waals surface area (Å²) in [5.74, 6) is -2.45. The van der Waals surface area contributed by atoms with Gasteiger partial charge in [-0.3, -0.25) is 9.69 Å². The Morgan fingerprint density at radius 1 is 1.00 bits per heavy atom. The predicted octanol–water partition coefficient (Wildman–Crippen LogP) is 2.30. The Kier molecular flexibility index (Phi) is 10.5. The van der Waals surface area contributed by atoms with Crippen molar-refractivity contribution in [2.75, 3.05) is 25.0 Å². The fraction of sp³-hybridized carbons (Fsp3) is 0.389. The molecule has 7 nitrogen and oxygen atoms in total. The largest absolute Gasteiger partial charge is 0.478 e. The van der Waals surface area contributed by atoms with Crippen LogP contribution in [0.15, 0.2) is 30.4 Å². The third-order valence-electron chi connectivity index (χ3n) is 3.38. The van der Waals surface area contributed by atoms with E-state index >= 15 is 0 Å². The van der Waals surface area contributed by atoms with Gasteiger partial charge < -0.3 is 15.5 Å². The summed E-state index contributed by atoms with van der Waals surface area (Å²) >= 11 is 0. The molecule has 1 aromatic rings. The summed E-state index contributed by atoms with van der Waals surface area (Å²) in [6.07, 6.45) is 1.12. The lowest BCUT2D eigenvalue weighted by atomic mass is 10.1. The topological polar surface area (TPSA) is 107 Å². The van der Waals surface area contributed by atoms with Gasteiger partial charge in [0.25, 0.3) is 0 Å². The van der Waals surface area contributed by atoms with E-state index in [1.54, 1.807) is 0 Å². The molecule has 0 bridgehead atoms. The highest BCUT2D eigenvalue weighted by Crippen LogP contribution is 2.19. The highest BCUT2D eigenvalue weighted by Gasteiger charge is 2.09. The molecule has 0 unspecified atom stereocenters. The lowest BCUT2D eigenvalue weighted by molar-refractivity contribution is -0.134. The molecular weight excluding hydrogens is 324 g/mol. The van der Waals surface area contributed by atoms with Gasteiger partial charge in [0.2, 0.25) is 5.91 Å². The first kappa shape index (κ1) is 22.3. The lowest BCUT2D eigenvalue weighted by Crippen LogP contribution is -2.33. The van der Waals surface area contributed by atoms with Crippen LogP contribution in [0, 0.1) is 13.8 Å². The Morgan fingerprint density at radius 2 is 1.44 bits per heavy atom. The molecule has 0 aliphatic carbocycles. The Bertz CT molecular complexity index is 586. The Hall–Kier alpha value is -2.67. The number of carboxylic acid groups (broad SMARTS) is 2. The molecule has 0 saturated carbocycles. The first-order chi connectivity index (χ1) is 11.7. The van der Waals surface area contributed by atoms with Gasteiger partial charge in [-0.1, -0.05) is 32.0 Å². The van der Waals surface area contributed by atoms with Gasteiger partial charge in [-0.25, -0.2) is 9.59 Å². The summed E-state index contributed by atoms with van der Waals surface area (Å²) in [5.41, 5.74) is 3.17. The number of anilines is 1. The van der Waals surface area contributed by atoms with Crippen molar-refractivity contribution in [2.45, 2.75) is 27.7 Å². The second kappa shape index (κ2) is 11.8. The van der Waals surface area contributed by atoms with Gasteiger partial charge in [0.1, 0.15) is 0 Å². The van der Waals surface area contributed by atoms with Crippen LogP contribution in [0.2, 0.25) is 0 Å². The number of nitrogens with one attached hydrogen (secondary N) is 1. The number of carbonyl (C=O) groups is 3. The van der Waals surface area contributed by atoms with Gasteiger partial charge >= 0.3 is 11.9 Å². The van der Waals surface area contributed by atoms with Gasteiger partial charge in [0, 0.05) is 17.8 Å². The molecule has 0 fully saturated rings. The van der Waals surface area contributed by atoms with E-state index in [-0.39, 0.29) is 5.91 Å². The van der Waals surface area contributed by atoms with Crippen molar-refractivity contribution in [3.8, 4) is 0 Å². The summed E-state index contributed by atoms with van der Waals surface area (Å²) in [7, 11) is 0. The van der Waals surface area contributed by atoms with Crippen LogP contribution in [0.4, 0.5) is 5.69 Å². The van der Waals surface area contributed by atoms with Crippen molar-refractivity contribution < 1.29 is 24.6 Å². The smallest absolute Gasteiger partial charge is 0.328 e. The number of aryl methyl sites for hydroxylation is 2. The number of carbonyl (C=O) groups excluding carboxylic acids is 1. The summed E-state index contributed by atoms with van der Waals surface area (Å²) < 4.78 is 0. The number of carboxylic acids is 2. The summed E-state index contributed by atoms with van der Waals surface area (Å²) in [6, 6.07) is 6.03. The molecule has 1 aromatic carbocycles. The Morgan fingerprint density at radius 3 is 1.80 bits per heavy atom. The van der Waals surface area contributed by atoms with E-state index in [2.05, 4.69) is 24.1 Å². The first-order valence-corrected chi connectivity index (χ1v) is 7.93. The third kappa shape index (κ3) is 9.93. The van der Waals surface area contributed by atoms with E-state index in [0.717, 1.165) is 29.9 Å². The maximum Gasteiger partial charge on any atom is 0.328 e. The number of likely N-dealkylation sites (N-methyl/N-ethyl adjacent to an activating group) is 1. The number of nitrogens with zero attached hydrogens (tertiary/aromatic N) is 1. The molecular formula is C18H26N2O5. The molecule has 0 spiro atoms. The summed E-state index contributed by atoms with van der Waals surface area (Å²) in [5, 5.41) is 18.6. The summed E-state index contributed by atoms with van der Waals surface area (Å²) in [6.45, 7) is 10.4. The molecule has 25 heavy (non-hydrogen) atoms. The van der Waals surface area contributed by atoms with Crippen LogP contribution in [0.25, 0.3) is 0 Å². The third-order valence-corrected chi connectivity index (χ3v) is 3.38. The predicted molar refractivity (Wildman–Crippen MR) is 96.7 cm³/mol. The standard InChI is InChI=1S/C14H22N2O.C4H4O4/c1-5-16(6-2)10-13(17)15-14-11(3)8-7-9-12(14)4;5-3(6)1-2-4(7)8/h7-9H,5-6,10H2,1-4H3,(H,15,17);1-2H,(H,5,6)(H,7,8)/b;2-1-. The zero-order valence-corrected chi connectivity index (χ0v) is 15.1. The van der Waals surface area contributed by atoms with E-state index in [0.29, 0.717) is 18.7 Å². The fourth-order valence-corrected chi connectivity index (χ4v) is 1.98. The molecule has 0 saturated heterocycles. The zero-order chi connectivity index (χ0) is 19.4. The van der Waals surface area contributed by atoms with Gasteiger partial charge in [-0.05, 0) is 38.1 Å². The minimum absolute atomic E-state index is 0.0612. The monoisotopic (exact) mass is 350 g/mol. The fourth-order valence-electron chi connectivity index (χ4n) is 1.98. The van der Waals surface area contributed by atoms with Gasteiger partial charge in [-0.2, -0.15) is 0 Å². The van der Waals surface area contributed by atoms with Crippen LogP contribution in [-0.4, -0.2) is 52.6 Å². The van der Waals surface area contributed by atoms with Crippen LogP contribution in [0.5, 0.6) is 0 Å². The van der Waals surface area contributed by atoms with E-state index in [9.17, 15) is 14.4 Å². The Balaban J connectivity index is 0.000000609. The summed E-state index contributed by atoms with van der Waals surface area (Å²) in [4.78, 5) is 33.1. The molecule has 1 amide bonds. The normalized spacial score (nSPS) is 10.3. The van der Waals surface area contributed by atoms with Crippen molar-refractivity contribution in [3.63, 3.8) is 0 Å². The highest BCUT2D eigenvalue weighted by molar-refractivity contribution is 5.93. The average Bonchev–Trinajstić information content (AvgIpc) is 2.55. The molecule has 3 N–H and O–H groups in total. The molecule has 0 atom stereocenters. The van der Waals surface area contributed by atoms with Crippen molar-refractivity contribution in [1.29, 1.82) is 0 Å². The van der Waals surface area contributed by atoms with Crippen LogP contribution in [0.1, 0.15) is 25.0 Å². The van der Waals surface area contributed by atoms with E-state index in [1.165, 1.54) is 0 Å². The van der Waals surface area contributed by atoms with E-state index in [4.69, 9.17) is 10.2 Å². The van der Waals surface area contributed by atoms with E-state index < -0.39 is 11.9 Å². The van der Waals surface area contributed by atoms with Crippen LogP contribution in [0.3, 0.4) is 0 Å². The number of aliphatic carboxylic acids is 2. The Labute approximate surface area is 148 Å². The number of hydrogen-bond acceptors (Lipinski definition) is 4. The molecule has 0 heterocycles. The van der Waals surface area contributed by atoms with Gasteiger partial charge in [-0.15, -0.1) is 0 Å². The first-order valence-electron chi connectivity index (χ1n) is 7.93. The maximum atomic E-state index is 11.9. The molecule has 138 valence electrons. The maximum absolute atomic E-state index is 11.9. The van der Waals surface area contributed by atoms with Gasteiger partial charge in [0.15, 0.2) is 0 Å². The molecule has 0 aromatic heterocycles. The SMILES string of the molecule is CCN(CC)CC(=O)Nc1c(C)cccc1C.O=C(O)/C=C\C(=O)O. The number of benzene rings is 1. The number of para-hydroxylation sites is 1. The minimum Gasteiger partial charge on any atom is -0.478 e. The highest BCUT2D eigenvalue weighted by atomic mass is 16.4. The van der Waals surface area contributed by atoms with Gasteiger partial charge in [0.05, 0.1) is 6.54 Å². The average molecular weight is 350 g/mol. The lowest BCUT2D eigenvalue weighted by Gasteiger charge is -2.18. The second-order valence-corrected chi connectivity index (χ2v) is 5.29. The number of hydrogen-bond donors (Lipinski definition) is 3. The van der Waals surface area contributed by atoms with Crippen molar-refractivity contribution >= 4 is 23.5 Å². The van der Waals surface area contributed by atoms with E-state index in [1.807, 2.05) is 32.0 Å². The quantitative estimate of drug-likeness (QED) is 0.651.